The third kappa shape index (κ3) is 3.72. The molecule has 1 rings (SSSR count). The van der Waals surface area contributed by atoms with Gasteiger partial charge < -0.3 is 0 Å². The Hall–Kier alpha value is -0.670. The minimum Gasteiger partial charge on any atom is -0.264 e. The molecule has 0 unspecified atom stereocenters. The lowest BCUT2D eigenvalue weighted by atomic mass is 10.6. The van der Waals surface area contributed by atoms with Gasteiger partial charge in [-0.3, -0.25) is 4.18 Å². The van der Waals surface area contributed by atoms with Crippen molar-refractivity contribution in [2.45, 2.75) is 19.7 Å². The minimum absolute atomic E-state index is 0.115. The number of halogens is 3. The van der Waals surface area contributed by atoms with E-state index in [9.17, 15) is 21.6 Å². The zero-order chi connectivity index (χ0) is 12.4. The van der Waals surface area contributed by atoms with Gasteiger partial charge in [0.15, 0.2) is 5.01 Å². The molecule has 9 heteroatoms. The van der Waals surface area contributed by atoms with E-state index in [0.717, 1.165) is 6.20 Å². The van der Waals surface area contributed by atoms with Crippen LogP contribution < -0.4 is 0 Å². The standard InChI is InChI=1S/C7H8F3NO3S2/c1-2-16(12,13)14-4-5-3-11-6(15-5)7(8,9)10/h3H,2,4H2,1H3. The predicted octanol–water partition coefficient (Wildman–Crippen LogP) is 2.03. The van der Waals surface area contributed by atoms with Crippen LogP contribution in [0.3, 0.4) is 0 Å². The van der Waals surface area contributed by atoms with E-state index < -0.39 is 27.9 Å². The normalized spacial score (nSPS) is 13.0. The Balaban J connectivity index is 2.67. The van der Waals surface area contributed by atoms with Gasteiger partial charge in [-0.15, -0.1) is 11.3 Å². The summed E-state index contributed by atoms with van der Waals surface area (Å²) in [5.41, 5.74) is 0. The maximum absolute atomic E-state index is 12.1. The average Bonchev–Trinajstić information content (AvgIpc) is 2.63. The predicted molar refractivity (Wildman–Crippen MR) is 51.4 cm³/mol. The second-order valence-electron chi connectivity index (χ2n) is 2.74. The highest BCUT2D eigenvalue weighted by molar-refractivity contribution is 7.86. The Kier molecular flexibility index (Phi) is 3.92. The van der Waals surface area contributed by atoms with Gasteiger partial charge in [-0.2, -0.15) is 21.6 Å². The van der Waals surface area contributed by atoms with Crippen molar-refractivity contribution < 1.29 is 25.8 Å². The zero-order valence-corrected chi connectivity index (χ0v) is 9.75. The summed E-state index contributed by atoms with van der Waals surface area (Å²) in [6.45, 7) is 0.965. The Morgan fingerprint density at radius 3 is 2.56 bits per heavy atom. The van der Waals surface area contributed by atoms with E-state index in [0.29, 0.717) is 11.3 Å². The summed E-state index contributed by atoms with van der Waals surface area (Å²) in [6, 6.07) is 0. The Bertz CT molecular complexity index is 452. The van der Waals surface area contributed by atoms with Gasteiger partial charge in [0.05, 0.1) is 10.6 Å². The lowest BCUT2D eigenvalue weighted by Gasteiger charge is -2.00. The third-order valence-corrected chi connectivity index (χ3v) is 3.73. The monoisotopic (exact) mass is 275 g/mol. The molecule has 0 aliphatic carbocycles. The molecule has 0 atom stereocenters. The van der Waals surface area contributed by atoms with Crippen LogP contribution in [0.4, 0.5) is 13.2 Å². The molecular weight excluding hydrogens is 267 g/mol. The van der Waals surface area contributed by atoms with Crippen LogP contribution in [-0.4, -0.2) is 19.2 Å². The second-order valence-corrected chi connectivity index (χ2v) is 5.78. The Labute approximate surface area is 94.2 Å². The quantitative estimate of drug-likeness (QED) is 0.789. The fourth-order valence-electron chi connectivity index (χ4n) is 0.736. The first-order chi connectivity index (χ1) is 7.24. The SMILES string of the molecule is CCS(=O)(=O)OCc1cnc(C(F)(F)F)s1. The van der Waals surface area contributed by atoms with E-state index in [-0.39, 0.29) is 10.6 Å². The largest absolute Gasteiger partial charge is 0.443 e. The molecule has 0 radical (unpaired) electrons. The van der Waals surface area contributed by atoms with Crippen molar-refractivity contribution >= 4 is 21.5 Å². The van der Waals surface area contributed by atoms with Gasteiger partial charge in [0.2, 0.25) is 0 Å². The summed E-state index contributed by atoms with van der Waals surface area (Å²) in [7, 11) is -3.65. The molecule has 0 bridgehead atoms. The van der Waals surface area contributed by atoms with E-state index in [1.165, 1.54) is 6.92 Å². The lowest BCUT2D eigenvalue weighted by Crippen LogP contribution is -2.07. The number of alkyl halides is 3. The van der Waals surface area contributed by atoms with Crippen molar-refractivity contribution in [3.05, 3.63) is 16.1 Å². The van der Waals surface area contributed by atoms with Gasteiger partial charge in [0.25, 0.3) is 10.1 Å². The number of aromatic nitrogens is 1. The Morgan fingerprint density at radius 2 is 2.12 bits per heavy atom. The van der Waals surface area contributed by atoms with Crippen LogP contribution in [0.5, 0.6) is 0 Å². The first-order valence-corrected chi connectivity index (χ1v) is 6.53. The van der Waals surface area contributed by atoms with Crippen LogP contribution in [0.15, 0.2) is 6.20 Å². The van der Waals surface area contributed by atoms with Crippen molar-refractivity contribution in [1.82, 2.24) is 4.98 Å². The molecule has 1 heterocycles. The molecule has 4 nitrogen and oxygen atoms in total. The zero-order valence-electron chi connectivity index (χ0n) is 8.11. The first-order valence-electron chi connectivity index (χ1n) is 4.13. The van der Waals surface area contributed by atoms with Crippen LogP contribution >= 0.6 is 11.3 Å². The molecule has 0 spiro atoms. The summed E-state index contributed by atoms with van der Waals surface area (Å²) in [5.74, 6) is -0.224. The number of hydrogen-bond acceptors (Lipinski definition) is 5. The van der Waals surface area contributed by atoms with E-state index in [2.05, 4.69) is 9.17 Å². The molecule has 0 amide bonds. The molecule has 0 fully saturated rings. The summed E-state index contributed by atoms with van der Waals surface area (Å²) in [5, 5.41) is -1.01. The van der Waals surface area contributed by atoms with Gasteiger partial charge in [0, 0.05) is 6.20 Å². The first kappa shape index (κ1) is 13.4. The summed E-state index contributed by atoms with van der Waals surface area (Å²) >= 11 is 0.365. The summed E-state index contributed by atoms with van der Waals surface area (Å²) in [6.07, 6.45) is -3.55. The summed E-state index contributed by atoms with van der Waals surface area (Å²) < 4.78 is 62.7. The number of thiazole rings is 1. The molecular formula is C7H8F3NO3S2. The highest BCUT2D eigenvalue weighted by atomic mass is 32.2. The van der Waals surface area contributed by atoms with E-state index in [1.54, 1.807) is 0 Å². The minimum atomic E-state index is -4.51. The average molecular weight is 275 g/mol. The fraction of sp³-hybridized carbons (Fsp3) is 0.571. The van der Waals surface area contributed by atoms with Crippen LogP contribution in [-0.2, 0) is 27.1 Å². The molecule has 0 aliphatic heterocycles. The Morgan fingerprint density at radius 1 is 1.50 bits per heavy atom. The van der Waals surface area contributed by atoms with Gasteiger partial charge in [-0.05, 0) is 6.92 Å². The van der Waals surface area contributed by atoms with E-state index in [4.69, 9.17) is 0 Å². The molecule has 0 N–H and O–H groups in total. The van der Waals surface area contributed by atoms with Crippen LogP contribution in [0, 0.1) is 0 Å². The second kappa shape index (κ2) is 4.68. The summed E-state index contributed by atoms with van der Waals surface area (Å²) in [4.78, 5) is 3.25. The fourth-order valence-corrected chi connectivity index (χ4v) is 1.98. The molecule has 1 aromatic rings. The third-order valence-electron chi connectivity index (χ3n) is 1.53. The maximum Gasteiger partial charge on any atom is 0.443 e. The van der Waals surface area contributed by atoms with Crippen molar-refractivity contribution in [2.75, 3.05) is 5.75 Å². The van der Waals surface area contributed by atoms with Gasteiger partial charge >= 0.3 is 6.18 Å². The molecule has 1 aromatic heterocycles. The number of rotatable bonds is 4. The van der Waals surface area contributed by atoms with Gasteiger partial charge in [0.1, 0.15) is 6.61 Å². The van der Waals surface area contributed by atoms with Crippen LogP contribution in [0.25, 0.3) is 0 Å². The van der Waals surface area contributed by atoms with Crippen molar-refractivity contribution in [2.24, 2.45) is 0 Å². The maximum atomic E-state index is 12.1. The van der Waals surface area contributed by atoms with Crippen LogP contribution in [0.2, 0.25) is 0 Å². The highest BCUT2D eigenvalue weighted by Crippen LogP contribution is 2.32. The van der Waals surface area contributed by atoms with E-state index in [1.807, 2.05) is 0 Å². The number of hydrogen-bond donors (Lipinski definition) is 0. The molecule has 92 valence electrons. The smallest absolute Gasteiger partial charge is 0.264 e. The van der Waals surface area contributed by atoms with Crippen molar-refractivity contribution in [3.8, 4) is 0 Å². The lowest BCUT2D eigenvalue weighted by molar-refractivity contribution is -0.137. The highest BCUT2D eigenvalue weighted by Gasteiger charge is 2.34. The van der Waals surface area contributed by atoms with Gasteiger partial charge in [-0.25, -0.2) is 4.98 Å². The number of nitrogens with zero attached hydrogens (tertiary/aromatic N) is 1. The molecule has 0 saturated heterocycles. The van der Waals surface area contributed by atoms with E-state index >= 15 is 0 Å². The van der Waals surface area contributed by atoms with Gasteiger partial charge in [-0.1, -0.05) is 0 Å². The molecule has 0 aliphatic rings. The molecule has 16 heavy (non-hydrogen) atoms. The molecule has 0 aromatic carbocycles. The van der Waals surface area contributed by atoms with Crippen LogP contribution in [0.1, 0.15) is 16.8 Å². The topological polar surface area (TPSA) is 56.3 Å². The molecule has 0 saturated carbocycles. The van der Waals surface area contributed by atoms with Crippen molar-refractivity contribution in [1.29, 1.82) is 0 Å². The van der Waals surface area contributed by atoms with Crippen molar-refractivity contribution in [3.63, 3.8) is 0 Å².